The van der Waals surface area contributed by atoms with E-state index in [4.69, 9.17) is 9.47 Å². The molecular formula is C17H20N2O5S. The fourth-order valence-corrected chi connectivity index (χ4v) is 3.00. The van der Waals surface area contributed by atoms with Gasteiger partial charge in [-0.2, -0.15) is 0 Å². The van der Waals surface area contributed by atoms with E-state index in [1.165, 1.54) is 31.4 Å². The number of carbonyl (C=O) groups is 1. The average molecular weight is 364 g/mol. The fraction of sp³-hybridized carbons (Fsp3) is 0.235. The Morgan fingerprint density at radius 2 is 1.64 bits per heavy atom. The van der Waals surface area contributed by atoms with Crippen LogP contribution in [0.2, 0.25) is 0 Å². The van der Waals surface area contributed by atoms with Crippen molar-refractivity contribution in [3.05, 3.63) is 53.6 Å². The van der Waals surface area contributed by atoms with Crippen LogP contribution in [0.25, 0.3) is 0 Å². The lowest BCUT2D eigenvalue weighted by molar-refractivity contribution is -0.123. The number of aryl methyl sites for hydroxylation is 2. The minimum Gasteiger partial charge on any atom is -0.497 e. The molecule has 0 spiro atoms. The molecule has 0 radical (unpaired) electrons. The Labute approximate surface area is 147 Å². The van der Waals surface area contributed by atoms with E-state index in [2.05, 4.69) is 5.43 Å². The Kier molecular flexibility index (Phi) is 6.00. The summed E-state index contributed by atoms with van der Waals surface area (Å²) in [5.74, 6) is 0.528. The van der Waals surface area contributed by atoms with Crippen molar-refractivity contribution in [2.45, 2.75) is 18.7 Å². The van der Waals surface area contributed by atoms with E-state index < -0.39 is 15.9 Å². The number of para-hydroxylation sites is 1. The molecule has 2 N–H and O–H groups in total. The second kappa shape index (κ2) is 8.00. The summed E-state index contributed by atoms with van der Waals surface area (Å²) in [6.45, 7) is 3.43. The number of ether oxygens (including phenoxy) is 2. The largest absolute Gasteiger partial charge is 0.497 e. The smallest absolute Gasteiger partial charge is 0.272 e. The molecule has 0 saturated heterocycles. The zero-order valence-corrected chi connectivity index (χ0v) is 15.0. The zero-order chi connectivity index (χ0) is 18.4. The molecule has 7 nitrogen and oxygen atoms in total. The number of carbonyl (C=O) groups excluding carboxylic acids is 1. The molecule has 0 fully saturated rings. The Hall–Kier alpha value is -2.58. The van der Waals surface area contributed by atoms with Gasteiger partial charge in [-0.05, 0) is 49.2 Å². The molecule has 134 valence electrons. The van der Waals surface area contributed by atoms with Gasteiger partial charge in [-0.15, -0.1) is 4.83 Å². The van der Waals surface area contributed by atoms with Crippen LogP contribution < -0.4 is 19.7 Å². The van der Waals surface area contributed by atoms with E-state index >= 15 is 0 Å². The number of methoxy groups -OCH3 is 1. The number of hydrogen-bond acceptors (Lipinski definition) is 5. The van der Waals surface area contributed by atoms with Gasteiger partial charge < -0.3 is 9.47 Å². The molecule has 0 aliphatic carbocycles. The monoisotopic (exact) mass is 364 g/mol. The Morgan fingerprint density at radius 3 is 2.20 bits per heavy atom. The standard InChI is InChI=1S/C17H20N2O5S/c1-12-5-4-6-13(2)17(12)24-11-16(20)18-19-25(21,22)15-9-7-14(23-3)8-10-15/h4-10,19H,11H2,1-3H3,(H,18,20). The van der Waals surface area contributed by atoms with Crippen molar-refractivity contribution in [1.29, 1.82) is 0 Å². The molecule has 0 unspecified atom stereocenters. The van der Waals surface area contributed by atoms with E-state index in [1.807, 2.05) is 36.9 Å². The third-order valence-corrected chi connectivity index (χ3v) is 4.71. The first-order valence-corrected chi connectivity index (χ1v) is 8.95. The van der Waals surface area contributed by atoms with Gasteiger partial charge in [-0.1, -0.05) is 18.2 Å². The van der Waals surface area contributed by atoms with Crippen LogP contribution in [0, 0.1) is 13.8 Å². The third-order valence-electron chi connectivity index (χ3n) is 3.45. The highest BCUT2D eigenvalue weighted by molar-refractivity contribution is 7.89. The number of hydrogen-bond donors (Lipinski definition) is 2. The van der Waals surface area contributed by atoms with Crippen molar-refractivity contribution in [3.8, 4) is 11.5 Å². The quantitative estimate of drug-likeness (QED) is 0.730. The molecule has 0 saturated carbocycles. The number of nitrogens with one attached hydrogen (secondary N) is 2. The van der Waals surface area contributed by atoms with Gasteiger partial charge in [-0.3, -0.25) is 10.2 Å². The summed E-state index contributed by atoms with van der Waals surface area (Å²) in [6.07, 6.45) is 0. The Bertz CT molecular complexity index is 828. The fourth-order valence-electron chi connectivity index (χ4n) is 2.14. The number of amides is 1. The van der Waals surface area contributed by atoms with Crippen molar-refractivity contribution < 1.29 is 22.7 Å². The maximum absolute atomic E-state index is 12.1. The van der Waals surface area contributed by atoms with Gasteiger partial charge in [-0.25, -0.2) is 8.42 Å². The normalized spacial score (nSPS) is 11.0. The van der Waals surface area contributed by atoms with Crippen LogP contribution in [-0.2, 0) is 14.8 Å². The average Bonchev–Trinajstić information content (AvgIpc) is 2.59. The number of hydrazine groups is 1. The molecule has 2 aromatic carbocycles. The van der Waals surface area contributed by atoms with E-state index in [1.54, 1.807) is 0 Å². The molecule has 0 aliphatic rings. The van der Waals surface area contributed by atoms with E-state index in [-0.39, 0.29) is 11.5 Å². The molecule has 25 heavy (non-hydrogen) atoms. The maximum Gasteiger partial charge on any atom is 0.272 e. The summed E-state index contributed by atoms with van der Waals surface area (Å²) in [6, 6.07) is 11.4. The lowest BCUT2D eigenvalue weighted by Crippen LogP contribution is -2.43. The van der Waals surface area contributed by atoms with Gasteiger partial charge in [0.15, 0.2) is 6.61 Å². The van der Waals surface area contributed by atoms with Gasteiger partial charge in [0, 0.05) is 0 Å². The predicted molar refractivity (Wildman–Crippen MR) is 92.9 cm³/mol. The second-order valence-corrected chi connectivity index (χ2v) is 7.02. The van der Waals surface area contributed by atoms with Crippen LogP contribution in [0.4, 0.5) is 0 Å². The topological polar surface area (TPSA) is 93.7 Å². The lowest BCUT2D eigenvalue weighted by Gasteiger charge is -2.12. The van der Waals surface area contributed by atoms with Crippen molar-refractivity contribution in [2.75, 3.05) is 13.7 Å². The van der Waals surface area contributed by atoms with Gasteiger partial charge in [0.05, 0.1) is 12.0 Å². The summed E-state index contributed by atoms with van der Waals surface area (Å²) >= 11 is 0. The highest BCUT2D eigenvalue weighted by Crippen LogP contribution is 2.22. The molecule has 2 rings (SSSR count). The Morgan fingerprint density at radius 1 is 1.04 bits per heavy atom. The van der Waals surface area contributed by atoms with Crippen LogP contribution in [0.3, 0.4) is 0 Å². The Balaban J connectivity index is 1.92. The van der Waals surface area contributed by atoms with Gasteiger partial charge >= 0.3 is 0 Å². The number of sulfonamides is 1. The minimum absolute atomic E-state index is 0.00395. The first-order valence-electron chi connectivity index (χ1n) is 7.47. The molecular weight excluding hydrogens is 344 g/mol. The molecule has 0 bridgehead atoms. The molecule has 0 aromatic heterocycles. The zero-order valence-electron chi connectivity index (χ0n) is 14.2. The summed E-state index contributed by atoms with van der Waals surface area (Å²) in [5.41, 5.74) is 3.92. The van der Waals surface area contributed by atoms with Crippen LogP contribution in [0.15, 0.2) is 47.4 Å². The van der Waals surface area contributed by atoms with E-state index in [0.29, 0.717) is 11.5 Å². The summed E-state index contributed by atoms with van der Waals surface area (Å²) < 4.78 is 34.7. The van der Waals surface area contributed by atoms with Gasteiger partial charge in [0.25, 0.3) is 15.9 Å². The second-order valence-electron chi connectivity index (χ2n) is 5.34. The van der Waals surface area contributed by atoms with Crippen LogP contribution in [-0.4, -0.2) is 28.0 Å². The first-order chi connectivity index (χ1) is 11.8. The predicted octanol–water partition coefficient (Wildman–Crippen LogP) is 1.70. The van der Waals surface area contributed by atoms with Crippen LogP contribution in [0.1, 0.15) is 11.1 Å². The van der Waals surface area contributed by atoms with Crippen molar-refractivity contribution >= 4 is 15.9 Å². The highest BCUT2D eigenvalue weighted by Gasteiger charge is 2.15. The highest BCUT2D eigenvalue weighted by atomic mass is 32.2. The molecule has 0 heterocycles. The minimum atomic E-state index is -3.87. The lowest BCUT2D eigenvalue weighted by atomic mass is 10.1. The van der Waals surface area contributed by atoms with Crippen LogP contribution in [0.5, 0.6) is 11.5 Å². The third kappa shape index (κ3) is 4.94. The van der Waals surface area contributed by atoms with Crippen molar-refractivity contribution in [3.63, 3.8) is 0 Å². The summed E-state index contributed by atoms with van der Waals surface area (Å²) in [7, 11) is -2.39. The van der Waals surface area contributed by atoms with Crippen LogP contribution >= 0.6 is 0 Å². The number of benzene rings is 2. The van der Waals surface area contributed by atoms with E-state index in [9.17, 15) is 13.2 Å². The molecule has 1 amide bonds. The SMILES string of the molecule is COc1ccc(S(=O)(=O)NNC(=O)COc2c(C)cccc2C)cc1. The van der Waals surface area contributed by atoms with Crippen molar-refractivity contribution in [2.24, 2.45) is 0 Å². The summed E-state index contributed by atoms with van der Waals surface area (Å²) in [5, 5.41) is 0. The first kappa shape index (κ1) is 18.8. The number of rotatable bonds is 7. The maximum atomic E-state index is 12.1. The van der Waals surface area contributed by atoms with Gasteiger partial charge in [0.2, 0.25) is 0 Å². The molecule has 8 heteroatoms. The molecule has 0 aliphatic heterocycles. The van der Waals surface area contributed by atoms with Gasteiger partial charge in [0.1, 0.15) is 11.5 Å². The summed E-state index contributed by atoms with van der Waals surface area (Å²) in [4.78, 5) is 13.9. The molecule has 2 aromatic rings. The van der Waals surface area contributed by atoms with E-state index in [0.717, 1.165) is 11.1 Å². The van der Waals surface area contributed by atoms with Crippen molar-refractivity contribution in [1.82, 2.24) is 10.3 Å². The molecule has 0 atom stereocenters.